The van der Waals surface area contributed by atoms with E-state index in [1.54, 1.807) is 0 Å². The number of nitrogens with one attached hydrogen (secondary N) is 2. The molecule has 17 heavy (non-hydrogen) atoms. The molecular weight excluding hydrogens is 234 g/mol. The SMILES string of the molecule is CC.CC.CNCCC[C@H](N)C(=O)NCCS. The van der Waals surface area contributed by atoms with Crippen LogP contribution in [0.3, 0.4) is 0 Å². The van der Waals surface area contributed by atoms with Crippen molar-refractivity contribution in [1.82, 2.24) is 10.6 Å². The molecule has 0 spiro atoms. The molecule has 1 amide bonds. The lowest BCUT2D eigenvalue weighted by Crippen LogP contribution is -2.41. The summed E-state index contributed by atoms with van der Waals surface area (Å²) in [6, 6.07) is -0.381. The van der Waals surface area contributed by atoms with Crippen molar-refractivity contribution in [3.63, 3.8) is 0 Å². The number of nitrogens with two attached hydrogens (primary N) is 1. The fraction of sp³-hybridized carbons (Fsp3) is 0.917. The topological polar surface area (TPSA) is 67.1 Å². The molecule has 0 saturated carbocycles. The fourth-order valence-corrected chi connectivity index (χ4v) is 1.05. The minimum atomic E-state index is -0.381. The molecule has 5 heteroatoms. The molecule has 0 aromatic rings. The van der Waals surface area contributed by atoms with Crippen molar-refractivity contribution in [2.24, 2.45) is 5.73 Å². The van der Waals surface area contributed by atoms with Gasteiger partial charge in [-0.2, -0.15) is 12.6 Å². The normalized spacial score (nSPS) is 10.3. The number of rotatable bonds is 7. The Kier molecular flexibility index (Phi) is 27.2. The molecule has 4 nitrogen and oxygen atoms in total. The molecule has 4 N–H and O–H groups in total. The summed E-state index contributed by atoms with van der Waals surface area (Å²) >= 11 is 3.98. The highest BCUT2D eigenvalue weighted by atomic mass is 32.1. The van der Waals surface area contributed by atoms with Gasteiger partial charge in [0.15, 0.2) is 0 Å². The Labute approximate surface area is 113 Å². The van der Waals surface area contributed by atoms with Crippen molar-refractivity contribution in [1.29, 1.82) is 0 Å². The Morgan fingerprint density at radius 3 is 2.18 bits per heavy atom. The predicted octanol–water partition coefficient (Wildman–Crippen LogP) is 1.41. The zero-order valence-corrected chi connectivity index (χ0v) is 12.9. The van der Waals surface area contributed by atoms with Crippen LogP contribution in [0, 0.1) is 0 Å². The largest absolute Gasteiger partial charge is 0.354 e. The van der Waals surface area contributed by atoms with E-state index in [0.29, 0.717) is 12.3 Å². The second kappa shape index (κ2) is 21.1. The van der Waals surface area contributed by atoms with Crippen LogP contribution in [-0.4, -0.2) is 37.8 Å². The highest BCUT2D eigenvalue weighted by Crippen LogP contribution is 1.93. The molecule has 0 radical (unpaired) electrons. The second-order valence-corrected chi connectivity index (χ2v) is 3.31. The maximum atomic E-state index is 11.2. The summed E-state index contributed by atoms with van der Waals surface area (Å²) in [4.78, 5) is 11.2. The van der Waals surface area contributed by atoms with Crippen LogP contribution >= 0.6 is 12.6 Å². The zero-order chi connectivity index (χ0) is 14.1. The highest BCUT2D eigenvalue weighted by Gasteiger charge is 2.11. The van der Waals surface area contributed by atoms with E-state index in [0.717, 1.165) is 19.4 Å². The molecule has 0 rings (SSSR count). The predicted molar refractivity (Wildman–Crippen MR) is 80.7 cm³/mol. The van der Waals surface area contributed by atoms with Gasteiger partial charge in [-0.25, -0.2) is 0 Å². The molecule has 106 valence electrons. The van der Waals surface area contributed by atoms with E-state index >= 15 is 0 Å². The molecule has 0 saturated heterocycles. The molecule has 0 fully saturated rings. The summed E-state index contributed by atoms with van der Waals surface area (Å²) in [6.45, 7) is 9.48. The number of amides is 1. The Hall–Kier alpha value is -0.260. The molecular formula is C12H31N3OS. The molecule has 0 aliphatic heterocycles. The van der Waals surface area contributed by atoms with Crippen molar-refractivity contribution >= 4 is 18.5 Å². The van der Waals surface area contributed by atoms with Crippen LogP contribution < -0.4 is 16.4 Å². The third kappa shape index (κ3) is 18.3. The minimum Gasteiger partial charge on any atom is -0.354 e. The van der Waals surface area contributed by atoms with Crippen LogP contribution in [0.15, 0.2) is 0 Å². The van der Waals surface area contributed by atoms with Crippen LogP contribution in [0.4, 0.5) is 0 Å². The van der Waals surface area contributed by atoms with Gasteiger partial charge >= 0.3 is 0 Å². The summed E-state index contributed by atoms with van der Waals surface area (Å²) in [5.74, 6) is 0.569. The smallest absolute Gasteiger partial charge is 0.236 e. The van der Waals surface area contributed by atoms with Crippen molar-refractivity contribution in [3.05, 3.63) is 0 Å². The number of thiol groups is 1. The molecule has 0 aromatic carbocycles. The van der Waals surface area contributed by atoms with E-state index in [9.17, 15) is 4.79 Å². The first-order valence-electron chi connectivity index (χ1n) is 6.51. The summed E-state index contributed by atoms with van der Waals surface area (Å²) in [5.41, 5.74) is 5.63. The monoisotopic (exact) mass is 265 g/mol. The molecule has 1 atom stereocenters. The van der Waals surface area contributed by atoms with E-state index < -0.39 is 0 Å². The number of hydrogen-bond donors (Lipinski definition) is 4. The maximum Gasteiger partial charge on any atom is 0.236 e. The first-order valence-corrected chi connectivity index (χ1v) is 7.14. The first kappa shape index (κ1) is 22.0. The highest BCUT2D eigenvalue weighted by molar-refractivity contribution is 7.80. The maximum absolute atomic E-state index is 11.2. The molecule has 0 bridgehead atoms. The molecule has 0 aliphatic rings. The van der Waals surface area contributed by atoms with Crippen LogP contribution in [0.2, 0.25) is 0 Å². The number of carbonyl (C=O) groups is 1. The minimum absolute atomic E-state index is 0.0786. The zero-order valence-electron chi connectivity index (χ0n) is 12.0. The van der Waals surface area contributed by atoms with Gasteiger partial charge in [-0.3, -0.25) is 4.79 Å². The van der Waals surface area contributed by atoms with Crippen molar-refractivity contribution < 1.29 is 4.79 Å². The van der Waals surface area contributed by atoms with Gasteiger partial charge in [-0.1, -0.05) is 27.7 Å². The van der Waals surface area contributed by atoms with Gasteiger partial charge in [-0.05, 0) is 26.4 Å². The summed E-state index contributed by atoms with van der Waals surface area (Å²) < 4.78 is 0. The van der Waals surface area contributed by atoms with E-state index in [4.69, 9.17) is 5.73 Å². The Bertz CT molecular complexity index is 146. The average molecular weight is 265 g/mol. The average Bonchev–Trinajstić information content (AvgIpc) is 2.40. The van der Waals surface area contributed by atoms with Gasteiger partial charge in [0, 0.05) is 12.3 Å². The lowest BCUT2D eigenvalue weighted by atomic mass is 10.1. The Morgan fingerprint density at radius 2 is 1.76 bits per heavy atom. The lowest BCUT2D eigenvalue weighted by Gasteiger charge is -2.10. The van der Waals surface area contributed by atoms with Crippen LogP contribution in [0.25, 0.3) is 0 Å². The quantitative estimate of drug-likeness (QED) is 0.416. The Morgan fingerprint density at radius 1 is 1.24 bits per heavy atom. The van der Waals surface area contributed by atoms with Gasteiger partial charge in [0.1, 0.15) is 0 Å². The van der Waals surface area contributed by atoms with Crippen LogP contribution in [0.1, 0.15) is 40.5 Å². The summed E-state index contributed by atoms with van der Waals surface area (Å²) in [5, 5.41) is 5.70. The van der Waals surface area contributed by atoms with Crippen molar-refractivity contribution in [2.45, 2.75) is 46.6 Å². The third-order valence-corrected chi connectivity index (χ3v) is 1.91. The van der Waals surface area contributed by atoms with Gasteiger partial charge in [0.2, 0.25) is 5.91 Å². The van der Waals surface area contributed by atoms with Gasteiger partial charge in [0.05, 0.1) is 6.04 Å². The fourth-order valence-electron chi connectivity index (χ4n) is 0.940. The lowest BCUT2D eigenvalue weighted by molar-refractivity contribution is -0.122. The van der Waals surface area contributed by atoms with E-state index in [-0.39, 0.29) is 11.9 Å². The van der Waals surface area contributed by atoms with Crippen molar-refractivity contribution in [3.8, 4) is 0 Å². The van der Waals surface area contributed by atoms with E-state index in [1.165, 1.54) is 0 Å². The Balaban J connectivity index is -0.000000439. The van der Waals surface area contributed by atoms with E-state index in [1.807, 2.05) is 34.7 Å². The van der Waals surface area contributed by atoms with Gasteiger partial charge in [-0.15, -0.1) is 0 Å². The summed E-state index contributed by atoms with van der Waals surface area (Å²) in [7, 11) is 1.88. The molecule has 0 heterocycles. The molecule has 0 aliphatic carbocycles. The van der Waals surface area contributed by atoms with E-state index in [2.05, 4.69) is 23.3 Å². The third-order valence-electron chi connectivity index (χ3n) is 1.69. The second-order valence-electron chi connectivity index (χ2n) is 2.87. The standard InChI is InChI=1S/C8H19N3OS.2C2H6/c1-10-4-2-3-7(9)8(12)11-5-6-13;2*1-2/h7,10,13H,2-6,9H2,1H3,(H,11,12);2*1-2H3/t7-;;/m0../s1. The number of hydrogen-bond acceptors (Lipinski definition) is 4. The van der Waals surface area contributed by atoms with Crippen LogP contribution in [-0.2, 0) is 4.79 Å². The van der Waals surface area contributed by atoms with Crippen LogP contribution in [0.5, 0.6) is 0 Å². The molecule has 0 unspecified atom stereocenters. The molecule has 0 aromatic heterocycles. The van der Waals surface area contributed by atoms with Gasteiger partial charge in [0.25, 0.3) is 0 Å². The van der Waals surface area contributed by atoms with Gasteiger partial charge < -0.3 is 16.4 Å². The first-order chi connectivity index (χ1) is 8.22. The summed E-state index contributed by atoms with van der Waals surface area (Å²) in [6.07, 6.45) is 1.64. The van der Waals surface area contributed by atoms with Crippen molar-refractivity contribution in [2.75, 3.05) is 25.9 Å². The number of carbonyl (C=O) groups excluding carboxylic acids is 1.